The average molecular weight is 286 g/mol. The zero-order valence-corrected chi connectivity index (χ0v) is 12.0. The number of ether oxygens (including phenoxy) is 1. The summed E-state index contributed by atoms with van der Waals surface area (Å²) in [5.74, 6) is -0.417. The van der Waals surface area contributed by atoms with Gasteiger partial charge in [0.05, 0.1) is 5.56 Å². The Balaban J connectivity index is 2.13. The van der Waals surface area contributed by atoms with Crippen LogP contribution in [-0.4, -0.2) is 22.3 Å². The third kappa shape index (κ3) is 4.21. The van der Waals surface area contributed by atoms with E-state index in [-0.39, 0.29) is 11.8 Å². The van der Waals surface area contributed by atoms with Crippen LogP contribution in [0.2, 0.25) is 0 Å². The molecule has 2 N–H and O–H groups in total. The van der Waals surface area contributed by atoms with Crippen LogP contribution in [0.4, 0.5) is 5.69 Å². The van der Waals surface area contributed by atoms with Crippen LogP contribution in [0.3, 0.4) is 0 Å². The van der Waals surface area contributed by atoms with Crippen molar-refractivity contribution in [2.24, 2.45) is 0 Å². The standard InChI is InChI=1S/C16H18N2O3/c1-3-15(18-13-4-6-17-7-5-13)21-14-9-11(2)8-12(10-14)16(19)20/h4-10,15H,3H2,1-2H3,(H,17,18)(H,19,20). The molecule has 2 rings (SSSR count). The molecular weight excluding hydrogens is 268 g/mol. The molecule has 110 valence electrons. The van der Waals surface area contributed by atoms with E-state index in [1.54, 1.807) is 18.5 Å². The van der Waals surface area contributed by atoms with E-state index in [2.05, 4.69) is 10.3 Å². The number of hydrogen-bond acceptors (Lipinski definition) is 4. The maximum Gasteiger partial charge on any atom is 0.335 e. The van der Waals surface area contributed by atoms with Crippen molar-refractivity contribution in [3.8, 4) is 5.75 Å². The Hall–Kier alpha value is -2.56. The van der Waals surface area contributed by atoms with E-state index in [0.717, 1.165) is 17.7 Å². The number of rotatable bonds is 6. The van der Waals surface area contributed by atoms with Gasteiger partial charge < -0.3 is 15.2 Å². The normalized spacial score (nSPS) is 11.7. The van der Waals surface area contributed by atoms with E-state index in [4.69, 9.17) is 9.84 Å². The summed E-state index contributed by atoms with van der Waals surface area (Å²) in [6.07, 6.45) is 3.89. The van der Waals surface area contributed by atoms with Crippen LogP contribution < -0.4 is 10.1 Å². The number of carboxylic acids is 1. The lowest BCUT2D eigenvalue weighted by Crippen LogP contribution is -2.25. The largest absolute Gasteiger partial charge is 0.478 e. The highest BCUT2D eigenvalue weighted by Crippen LogP contribution is 2.20. The summed E-state index contributed by atoms with van der Waals surface area (Å²) in [4.78, 5) is 15.0. The van der Waals surface area contributed by atoms with E-state index >= 15 is 0 Å². The topological polar surface area (TPSA) is 71.5 Å². The minimum Gasteiger partial charge on any atom is -0.478 e. The Bertz CT molecular complexity index is 614. The second-order valence-corrected chi connectivity index (χ2v) is 4.73. The van der Waals surface area contributed by atoms with Gasteiger partial charge in [0, 0.05) is 24.5 Å². The molecule has 0 amide bonds. The van der Waals surface area contributed by atoms with Gasteiger partial charge in [0.1, 0.15) is 5.75 Å². The first-order valence-electron chi connectivity index (χ1n) is 6.76. The smallest absolute Gasteiger partial charge is 0.335 e. The van der Waals surface area contributed by atoms with Crippen molar-refractivity contribution < 1.29 is 14.6 Å². The Morgan fingerprint density at radius 2 is 2.05 bits per heavy atom. The molecule has 1 unspecified atom stereocenters. The molecule has 5 heteroatoms. The Morgan fingerprint density at radius 3 is 2.67 bits per heavy atom. The second-order valence-electron chi connectivity index (χ2n) is 4.73. The van der Waals surface area contributed by atoms with Gasteiger partial charge in [-0.15, -0.1) is 0 Å². The van der Waals surface area contributed by atoms with Gasteiger partial charge in [-0.25, -0.2) is 4.79 Å². The fourth-order valence-corrected chi connectivity index (χ4v) is 1.95. The number of aromatic nitrogens is 1. The minimum absolute atomic E-state index is 0.226. The minimum atomic E-state index is -0.960. The molecule has 0 saturated carbocycles. The zero-order valence-electron chi connectivity index (χ0n) is 12.0. The number of benzene rings is 1. The highest BCUT2D eigenvalue weighted by molar-refractivity contribution is 5.88. The maximum absolute atomic E-state index is 11.1. The molecule has 1 heterocycles. The molecule has 0 spiro atoms. The summed E-state index contributed by atoms with van der Waals surface area (Å²) in [7, 11) is 0. The van der Waals surface area contributed by atoms with Crippen LogP contribution in [0.25, 0.3) is 0 Å². The Labute approximate surface area is 123 Å². The highest BCUT2D eigenvalue weighted by atomic mass is 16.5. The first kappa shape index (κ1) is 14.8. The molecule has 0 radical (unpaired) electrons. The van der Waals surface area contributed by atoms with Gasteiger partial charge in [-0.3, -0.25) is 4.98 Å². The molecule has 0 aliphatic carbocycles. The van der Waals surface area contributed by atoms with Gasteiger partial charge in [-0.05, 0) is 42.8 Å². The molecule has 0 saturated heterocycles. The summed E-state index contributed by atoms with van der Waals surface area (Å²) >= 11 is 0. The van der Waals surface area contributed by atoms with Crippen molar-refractivity contribution in [2.45, 2.75) is 26.5 Å². The van der Waals surface area contributed by atoms with E-state index in [0.29, 0.717) is 5.75 Å². The van der Waals surface area contributed by atoms with Crippen molar-refractivity contribution in [3.63, 3.8) is 0 Å². The van der Waals surface area contributed by atoms with Crippen molar-refractivity contribution in [1.82, 2.24) is 4.98 Å². The SMILES string of the molecule is CCC(Nc1ccncc1)Oc1cc(C)cc(C(=O)O)c1. The number of anilines is 1. The molecule has 1 atom stereocenters. The number of aromatic carboxylic acids is 1. The number of nitrogens with one attached hydrogen (secondary N) is 1. The molecule has 21 heavy (non-hydrogen) atoms. The van der Waals surface area contributed by atoms with Crippen LogP contribution >= 0.6 is 0 Å². The lowest BCUT2D eigenvalue weighted by molar-refractivity contribution is 0.0696. The predicted molar refractivity (Wildman–Crippen MR) is 80.7 cm³/mol. The molecule has 1 aromatic carbocycles. The third-order valence-electron chi connectivity index (χ3n) is 2.95. The number of pyridine rings is 1. The van der Waals surface area contributed by atoms with Crippen molar-refractivity contribution in [3.05, 3.63) is 53.9 Å². The van der Waals surface area contributed by atoms with Crippen LogP contribution in [0.1, 0.15) is 29.3 Å². The first-order chi connectivity index (χ1) is 10.1. The fourth-order valence-electron chi connectivity index (χ4n) is 1.95. The highest BCUT2D eigenvalue weighted by Gasteiger charge is 2.11. The molecule has 0 fully saturated rings. The molecule has 2 aromatic rings. The molecule has 0 aliphatic rings. The average Bonchev–Trinajstić information content (AvgIpc) is 2.47. The van der Waals surface area contributed by atoms with E-state index in [9.17, 15) is 4.79 Å². The predicted octanol–water partition coefficient (Wildman–Crippen LogP) is 3.32. The van der Waals surface area contributed by atoms with Gasteiger partial charge in [0.25, 0.3) is 0 Å². The van der Waals surface area contributed by atoms with Crippen LogP contribution in [0, 0.1) is 6.92 Å². The van der Waals surface area contributed by atoms with Crippen molar-refractivity contribution in [2.75, 3.05) is 5.32 Å². The van der Waals surface area contributed by atoms with Gasteiger partial charge >= 0.3 is 5.97 Å². The van der Waals surface area contributed by atoms with Crippen molar-refractivity contribution in [1.29, 1.82) is 0 Å². The number of carbonyl (C=O) groups is 1. The third-order valence-corrected chi connectivity index (χ3v) is 2.95. The monoisotopic (exact) mass is 286 g/mol. The van der Waals surface area contributed by atoms with Crippen LogP contribution in [0.5, 0.6) is 5.75 Å². The fraction of sp³-hybridized carbons (Fsp3) is 0.250. The van der Waals surface area contributed by atoms with Gasteiger partial charge in [0.15, 0.2) is 6.23 Å². The molecule has 5 nitrogen and oxygen atoms in total. The lowest BCUT2D eigenvalue weighted by Gasteiger charge is -2.20. The number of carboxylic acid groups (broad SMARTS) is 1. The summed E-state index contributed by atoms with van der Waals surface area (Å²) in [5, 5.41) is 12.3. The van der Waals surface area contributed by atoms with E-state index in [1.807, 2.05) is 32.0 Å². The van der Waals surface area contributed by atoms with E-state index < -0.39 is 5.97 Å². The van der Waals surface area contributed by atoms with Gasteiger partial charge in [-0.2, -0.15) is 0 Å². The molecule has 0 bridgehead atoms. The summed E-state index contributed by atoms with van der Waals surface area (Å²) in [5.41, 5.74) is 1.98. The maximum atomic E-state index is 11.1. The Morgan fingerprint density at radius 1 is 1.33 bits per heavy atom. The van der Waals surface area contributed by atoms with Crippen LogP contribution in [0.15, 0.2) is 42.7 Å². The number of hydrogen-bond donors (Lipinski definition) is 2. The number of nitrogens with zero attached hydrogens (tertiary/aromatic N) is 1. The summed E-state index contributed by atoms with van der Waals surface area (Å²) in [6.45, 7) is 3.84. The van der Waals surface area contributed by atoms with Gasteiger partial charge in [0.2, 0.25) is 0 Å². The zero-order chi connectivity index (χ0) is 15.2. The van der Waals surface area contributed by atoms with Crippen LogP contribution in [-0.2, 0) is 0 Å². The summed E-state index contributed by atoms with van der Waals surface area (Å²) in [6, 6.07) is 8.68. The first-order valence-corrected chi connectivity index (χ1v) is 6.76. The second kappa shape index (κ2) is 6.74. The quantitative estimate of drug-likeness (QED) is 0.797. The molecule has 1 aromatic heterocycles. The van der Waals surface area contributed by atoms with Crippen molar-refractivity contribution >= 4 is 11.7 Å². The number of aryl methyl sites for hydroxylation is 1. The lowest BCUT2D eigenvalue weighted by atomic mass is 10.1. The van der Waals surface area contributed by atoms with E-state index in [1.165, 1.54) is 6.07 Å². The molecular formula is C16H18N2O3. The van der Waals surface area contributed by atoms with Gasteiger partial charge in [-0.1, -0.05) is 6.92 Å². The summed E-state index contributed by atoms with van der Waals surface area (Å²) < 4.78 is 5.84. The Kier molecular flexibility index (Phi) is 4.77. The molecule has 0 aliphatic heterocycles.